The van der Waals surface area contributed by atoms with Crippen molar-refractivity contribution in [3.63, 3.8) is 0 Å². The average Bonchev–Trinajstić information content (AvgIpc) is 3.09. The molecule has 3 rings (SSSR count). The molecule has 1 aliphatic carbocycles. The molecule has 0 saturated heterocycles. The number of phenolic OH excluding ortho intramolecular Hbond substituents is 1. The van der Waals surface area contributed by atoms with Crippen LogP contribution in [0.25, 0.3) is 0 Å². The molecule has 1 aromatic heterocycles. The zero-order chi connectivity index (χ0) is 19.6. The molecule has 2 aromatic rings. The van der Waals surface area contributed by atoms with Crippen molar-refractivity contribution in [1.29, 1.82) is 0 Å². The predicted octanol–water partition coefficient (Wildman–Crippen LogP) is 3.81. The van der Waals surface area contributed by atoms with Crippen LogP contribution in [0.3, 0.4) is 0 Å². The quantitative estimate of drug-likeness (QED) is 0.554. The molecule has 0 spiro atoms. The van der Waals surface area contributed by atoms with Gasteiger partial charge in [0.05, 0.1) is 5.71 Å². The Labute approximate surface area is 160 Å². The highest BCUT2D eigenvalue weighted by Gasteiger charge is 2.34. The van der Waals surface area contributed by atoms with Crippen LogP contribution in [-0.2, 0) is 12.8 Å². The molecular weight excluding hydrogens is 340 g/mol. The molecule has 6 heteroatoms. The van der Waals surface area contributed by atoms with Gasteiger partial charge in [-0.3, -0.25) is 9.89 Å². The first kappa shape index (κ1) is 19.1. The number of H-pyrrole nitrogens is 1. The van der Waals surface area contributed by atoms with Crippen LogP contribution in [0.5, 0.6) is 5.75 Å². The van der Waals surface area contributed by atoms with E-state index in [2.05, 4.69) is 41.5 Å². The van der Waals surface area contributed by atoms with E-state index in [0.29, 0.717) is 17.3 Å². The number of aromatic nitrogens is 2. The van der Waals surface area contributed by atoms with Crippen molar-refractivity contribution in [1.82, 2.24) is 15.6 Å². The summed E-state index contributed by atoms with van der Waals surface area (Å²) in [6, 6.07) is 6.70. The topological polar surface area (TPSA) is 90.4 Å². The summed E-state index contributed by atoms with van der Waals surface area (Å²) in [5.41, 5.74) is 6.92. The summed E-state index contributed by atoms with van der Waals surface area (Å²) in [4.78, 5) is 12.7. The molecule has 1 amide bonds. The van der Waals surface area contributed by atoms with Crippen LogP contribution in [0.4, 0.5) is 0 Å². The smallest absolute Gasteiger partial charge is 0.292 e. The van der Waals surface area contributed by atoms with Crippen LogP contribution < -0.4 is 5.43 Å². The fraction of sp³-hybridized carbons (Fsp3) is 0.476. The van der Waals surface area contributed by atoms with Gasteiger partial charge in [-0.2, -0.15) is 10.2 Å². The predicted molar refractivity (Wildman–Crippen MR) is 106 cm³/mol. The maximum Gasteiger partial charge on any atom is 0.292 e. The van der Waals surface area contributed by atoms with Gasteiger partial charge in [0.1, 0.15) is 5.75 Å². The number of phenols is 1. The number of nitrogens with zero attached hydrogens (tertiary/aromatic N) is 2. The maximum atomic E-state index is 12.7. The lowest BCUT2D eigenvalue weighted by atomic mass is 9.69. The van der Waals surface area contributed by atoms with Crippen molar-refractivity contribution in [2.75, 3.05) is 0 Å². The molecule has 0 bridgehead atoms. The summed E-state index contributed by atoms with van der Waals surface area (Å²) in [5, 5.41) is 20.9. The van der Waals surface area contributed by atoms with E-state index in [1.165, 1.54) is 0 Å². The first-order valence-electron chi connectivity index (χ1n) is 9.52. The number of fused-ring (bicyclic) bond motifs is 1. The Morgan fingerprint density at radius 3 is 2.74 bits per heavy atom. The first-order valence-corrected chi connectivity index (χ1v) is 9.52. The van der Waals surface area contributed by atoms with Gasteiger partial charge in [-0.15, -0.1) is 0 Å². The van der Waals surface area contributed by atoms with Crippen LogP contribution in [0, 0.1) is 11.3 Å². The fourth-order valence-corrected chi connectivity index (χ4v) is 3.59. The Morgan fingerprint density at radius 1 is 1.37 bits per heavy atom. The minimum Gasteiger partial charge on any atom is -0.508 e. The summed E-state index contributed by atoms with van der Waals surface area (Å²) in [7, 11) is 0. The van der Waals surface area contributed by atoms with Gasteiger partial charge < -0.3 is 5.11 Å². The summed E-state index contributed by atoms with van der Waals surface area (Å²) in [5.74, 6) is 0.449. The largest absolute Gasteiger partial charge is 0.508 e. The van der Waals surface area contributed by atoms with E-state index >= 15 is 0 Å². The minimum absolute atomic E-state index is 0.197. The molecule has 0 fully saturated rings. The lowest BCUT2D eigenvalue weighted by Crippen LogP contribution is -2.30. The zero-order valence-corrected chi connectivity index (χ0v) is 16.5. The molecular formula is C21H28N4O2. The molecule has 27 heavy (non-hydrogen) atoms. The number of aryl methyl sites for hydroxylation is 1. The molecule has 1 aliphatic rings. The Morgan fingerprint density at radius 2 is 2.07 bits per heavy atom. The van der Waals surface area contributed by atoms with Crippen molar-refractivity contribution in [2.45, 2.75) is 53.4 Å². The van der Waals surface area contributed by atoms with Gasteiger partial charge in [-0.1, -0.05) is 27.2 Å². The lowest BCUT2D eigenvalue weighted by Gasteiger charge is -2.36. The van der Waals surface area contributed by atoms with Crippen LogP contribution in [0.1, 0.15) is 67.8 Å². The normalized spacial score (nSPS) is 17.5. The standard InChI is InChI=1S/C21H28N4O2/c1-5-21(3,4)15-8-11-18-17(12-15)19(24-23-18)20(27)25-22-13(2)14-6-9-16(26)10-7-14/h6-7,9-10,15,26H,5,8,11-12H2,1-4H3,(H,23,24)(H,25,27)/b22-13-/t15-/m1/s1. The molecule has 1 atom stereocenters. The number of aromatic hydroxyl groups is 1. The summed E-state index contributed by atoms with van der Waals surface area (Å²) in [6.45, 7) is 8.63. The Balaban J connectivity index is 1.74. The van der Waals surface area contributed by atoms with Crippen LogP contribution in [-0.4, -0.2) is 26.9 Å². The minimum atomic E-state index is -0.291. The highest BCUT2D eigenvalue weighted by molar-refractivity contribution is 6.00. The second-order valence-corrected chi connectivity index (χ2v) is 8.00. The Kier molecular flexibility index (Phi) is 5.35. The Hall–Kier alpha value is -2.63. The lowest BCUT2D eigenvalue weighted by molar-refractivity contribution is 0.0947. The molecule has 1 heterocycles. The van der Waals surface area contributed by atoms with E-state index < -0.39 is 0 Å². The van der Waals surface area contributed by atoms with Crippen molar-refractivity contribution in [3.8, 4) is 5.75 Å². The number of nitrogens with one attached hydrogen (secondary N) is 2. The van der Waals surface area contributed by atoms with Crippen LogP contribution >= 0.6 is 0 Å². The SMILES string of the molecule is CCC(C)(C)[C@@H]1CCc2[nH]nc(C(=O)N/N=C(/C)c3ccc(O)cc3)c2C1. The van der Waals surface area contributed by atoms with Crippen molar-refractivity contribution in [2.24, 2.45) is 16.4 Å². The third kappa shape index (κ3) is 4.04. The molecule has 6 nitrogen and oxygen atoms in total. The second-order valence-electron chi connectivity index (χ2n) is 8.00. The van der Waals surface area contributed by atoms with Gasteiger partial charge in [-0.05, 0) is 67.3 Å². The van der Waals surface area contributed by atoms with Gasteiger partial charge in [-0.25, -0.2) is 5.43 Å². The van der Waals surface area contributed by atoms with E-state index in [0.717, 1.165) is 42.5 Å². The molecule has 144 valence electrons. The van der Waals surface area contributed by atoms with Crippen molar-refractivity contribution < 1.29 is 9.90 Å². The monoisotopic (exact) mass is 368 g/mol. The highest BCUT2D eigenvalue weighted by atomic mass is 16.3. The molecule has 0 aliphatic heterocycles. The molecule has 0 radical (unpaired) electrons. The third-order valence-corrected chi connectivity index (χ3v) is 5.99. The van der Waals surface area contributed by atoms with Gasteiger partial charge in [0.2, 0.25) is 0 Å². The summed E-state index contributed by atoms with van der Waals surface area (Å²) < 4.78 is 0. The zero-order valence-electron chi connectivity index (χ0n) is 16.5. The number of benzene rings is 1. The number of carbonyl (C=O) groups is 1. The van der Waals surface area contributed by atoms with E-state index in [-0.39, 0.29) is 17.1 Å². The highest BCUT2D eigenvalue weighted by Crippen LogP contribution is 2.40. The number of hydrogen-bond donors (Lipinski definition) is 3. The van der Waals surface area contributed by atoms with Gasteiger partial charge in [0.15, 0.2) is 5.69 Å². The summed E-state index contributed by atoms with van der Waals surface area (Å²) in [6.07, 6.45) is 4.04. The number of carbonyl (C=O) groups excluding carboxylic acids is 1. The first-order chi connectivity index (χ1) is 12.8. The second kappa shape index (κ2) is 7.55. The van der Waals surface area contributed by atoms with Crippen molar-refractivity contribution >= 4 is 11.6 Å². The molecule has 1 aromatic carbocycles. The van der Waals surface area contributed by atoms with E-state index in [9.17, 15) is 9.90 Å². The third-order valence-electron chi connectivity index (χ3n) is 5.99. The molecule has 3 N–H and O–H groups in total. The van der Waals surface area contributed by atoms with Gasteiger partial charge in [0.25, 0.3) is 5.91 Å². The van der Waals surface area contributed by atoms with E-state index in [1.807, 2.05) is 6.92 Å². The number of rotatable bonds is 5. The van der Waals surface area contributed by atoms with Gasteiger partial charge in [0, 0.05) is 11.3 Å². The number of aromatic amines is 1. The average molecular weight is 368 g/mol. The van der Waals surface area contributed by atoms with E-state index in [1.54, 1.807) is 24.3 Å². The fourth-order valence-electron chi connectivity index (χ4n) is 3.59. The van der Waals surface area contributed by atoms with Crippen LogP contribution in [0.15, 0.2) is 29.4 Å². The number of amides is 1. The van der Waals surface area contributed by atoms with Gasteiger partial charge >= 0.3 is 0 Å². The maximum absolute atomic E-state index is 12.7. The Bertz CT molecular complexity index is 850. The number of hydrazone groups is 1. The van der Waals surface area contributed by atoms with Crippen molar-refractivity contribution in [3.05, 3.63) is 46.8 Å². The summed E-state index contributed by atoms with van der Waals surface area (Å²) >= 11 is 0. The van der Waals surface area contributed by atoms with E-state index in [4.69, 9.17) is 0 Å². The molecule has 0 saturated carbocycles. The van der Waals surface area contributed by atoms with Crippen LogP contribution in [0.2, 0.25) is 0 Å². The number of hydrogen-bond acceptors (Lipinski definition) is 4. The molecule has 0 unspecified atom stereocenters.